The summed E-state index contributed by atoms with van der Waals surface area (Å²) in [7, 11) is 0. The number of rotatable bonds is 5. The molecule has 2 amide bonds. The predicted molar refractivity (Wildman–Crippen MR) is 102 cm³/mol. The van der Waals surface area contributed by atoms with E-state index in [9.17, 15) is 14.0 Å². The Labute approximate surface area is 160 Å². The van der Waals surface area contributed by atoms with E-state index < -0.39 is 11.8 Å². The second kappa shape index (κ2) is 7.44. The summed E-state index contributed by atoms with van der Waals surface area (Å²) in [4.78, 5) is 24.5. The highest BCUT2D eigenvalue weighted by atomic mass is 19.1. The molecule has 0 spiro atoms. The molecule has 1 aliphatic rings. The number of hydrogen-bond acceptors (Lipinski definition) is 4. The number of carbonyl (C=O) groups is 2. The molecule has 3 aromatic rings. The van der Waals surface area contributed by atoms with Gasteiger partial charge in [0.15, 0.2) is 0 Å². The van der Waals surface area contributed by atoms with Crippen LogP contribution in [0.5, 0.6) is 5.75 Å². The van der Waals surface area contributed by atoms with Crippen molar-refractivity contribution in [3.63, 3.8) is 0 Å². The molecule has 0 radical (unpaired) electrons. The molecular formula is C22H15FN2O3. The minimum Gasteiger partial charge on any atom is -0.489 e. The van der Waals surface area contributed by atoms with Gasteiger partial charge in [-0.25, -0.2) is 4.39 Å². The number of carbonyl (C=O) groups excluding carboxylic acids is 2. The lowest BCUT2D eigenvalue weighted by atomic mass is 10.1. The first kappa shape index (κ1) is 17.6. The predicted octanol–water partition coefficient (Wildman–Crippen LogP) is 4.03. The van der Waals surface area contributed by atoms with E-state index in [1.807, 2.05) is 0 Å². The summed E-state index contributed by atoms with van der Waals surface area (Å²) in [5.41, 5.74) is 2.28. The highest BCUT2D eigenvalue weighted by Crippen LogP contribution is 2.22. The summed E-state index contributed by atoms with van der Waals surface area (Å²) in [6.45, 7) is 0.322. The Morgan fingerprint density at radius 2 is 1.46 bits per heavy atom. The number of amides is 2. The van der Waals surface area contributed by atoms with Crippen LogP contribution in [-0.2, 0) is 6.61 Å². The first-order chi connectivity index (χ1) is 13.6. The molecule has 0 unspecified atom stereocenters. The number of halogens is 1. The Morgan fingerprint density at radius 1 is 0.857 bits per heavy atom. The van der Waals surface area contributed by atoms with E-state index in [0.717, 1.165) is 10.6 Å². The third kappa shape index (κ3) is 3.53. The fraction of sp³-hybridized carbons (Fsp3) is 0.0455. The second-order valence-corrected chi connectivity index (χ2v) is 6.20. The van der Waals surface area contributed by atoms with Crippen molar-refractivity contribution in [3.05, 3.63) is 101 Å². The first-order valence-corrected chi connectivity index (χ1v) is 8.61. The molecule has 138 valence electrons. The van der Waals surface area contributed by atoms with Crippen molar-refractivity contribution in [2.24, 2.45) is 5.10 Å². The monoisotopic (exact) mass is 374 g/mol. The van der Waals surface area contributed by atoms with Gasteiger partial charge in [0.25, 0.3) is 11.8 Å². The molecule has 4 rings (SSSR count). The molecule has 6 heteroatoms. The van der Waals surface area contributed by atoms with E-state index >= 15 is 0 Å². The molecule has 0 saturated heterocycles. The molecule has 1 aliphatic heterocycles. The summed E-state index contributed by atoms with van der Waals surface area (Å²) >= 11 is 0. The van der Waals surface area contributed by atoms with Crippen LogP contribution in [0.25, 0.3) is 0 Å². The van der Waals surface area contributed by atoms with Crippen molar-refractivity contribution in [2.45, 2.75) is 6.61 Å². The fourth-order valence-corrected chi connectivity index (χ4v) is 2.80. The van der Waals surface area contributed by atoms with Gasteiger partial charge in [0.05, 0.1) is 17.3 Å². The number of hydrazone groups is 1. The van der Waals surface area contributed by atoms with E-state index in [1.54, 1.807) is 60.7 Å². The van der Waals surface area contributed by atoms with Crippen molar-refractivity contribution in [3.8, 4) is 5.75 Å². The molecule has 0 aromatic heterocycles. The highest BCUT2D eigenvalue weighted by Gasteiger charge is 2.35. The lowest BCUT2D eigenvalue weighted by molar-refractivity contribution is 0.0660. The van der Waals surface area contributed by atoms with Crippen LogP contribution in [0.3, 0.4) is 0 Å². The van der Waals surface area contributed by atoms with Crippen LogP contribution in [-0.4, -0.2) is 23.0 Å². The fourth-order valence-electron chi connectivity index (χ4n) is 2.80. The van der Waals surface area contributed by atoms with Crippen molar-refractivity contribution in [2.75, 3.05) is 0 Å². The first-order valence-electron chi connectivity index (χ1n) is 8.61. The second-order valence-electron chi connectivity index (χ2n) is 6.20. The van der Waals surface area contributed by atoms with E-state index in [-0.39, 0.29) is 5.82 Å². The Hall–Kier alpha value is -3.80. The summed E-state index contributed by atoms with van der Waals surface area (Å²) in [5, 5.41) is 4.90. The smallest absolute Gasteiger partial charge is 0.282 e. The quantitative estimate of drug-likeness (QED) is 0.500. The Morgan fingerprint density at radius 3 is 2.07 bits per heavy atom. The molecule has 0 saturated carbocycles. The minimum absolute atomic E-state index is 0.287. The van der Waals surface area contributed by atoms with Gasteiger partial charge in [-0.2, -0.15) is 10.1 Å². The number of imide groups is 1. The Bertz CT molecular complexity index is 1020. The van der Waals surface area contributed by atoms with Crippen molar-refractivity contribution in [1.82, 2.24) is 5.01 Å². The summed E-state index contributed by atoms with van der Waals surface area (Å²) in [5.74, 6) is -0.514. The third-order valence-electron chi connectivity index (χ3n) is 4.29. The van der Waals surface area contributed by atoms with Gasteiger partial charge < -0.3 is 4.74 Å². The molecule has 0 bridgehead atoms. The normalized spacial score (nSPS) is 13.2. The van der Waals surface area contributed by atoms with Crippen molar-refractivity contribution in [1.29, 1.82) is 0 Å². The largest absolute Gasteiger partial charge is 0.489 e. The molecule has 3 aromatic carbocycles. The average Bonchev–Trinajstić information content (AvgIpc) is 2.97. The zero-order valence-corrected chi connectivity index (χ0v) is 14.7. The highest BCUT2D eigenvalue weighted by molar-refractivity contribution is 6.21. The van der Waals surface area contributed by atoms with Gasteiger partial charge in [-0.05, 0) is 59.7 Å². The molecule has 0 atom stereocenters. The van der Waals surface area contributed by atoms with E-state index in [4.69, 9.17) is 4.74 Å². The third-order valence-corrected chi connectivity index (χ3v) is 4.29. The van der Waals surface area contributed by atoms with Crippen LogP contribution in [0.1, 0.15) is 31.8 Å². The Balaban J connectivity index is 1.40. The standard InChI is InChI=1S/C22H15FN2O3/c23-17-9-5-16(6-10-17)14-28-18-11-7-15(8-12-18)13-24-25-21(26)19-3-1-2-4-20(19)22(25)27/h1-13H,14H2/b24-13-. The maximum atomic E-state index is 12.9. The molecule has 0 aliphatic carbocycles. The SMILES string of the molecule is O=C1c2ccccc2C(=O)N1/N=C\c1ccc(OCc2ccc(F)cc2)cc1. The number of nitrogens with zero attached hydrogens (tertiary/aromatic N) is 2. The maximum absolute atomic E-state index is 12.9. The van der Waals surface area contributed by atoms with Gasteiger partial charge in [0.2, 0.25) is 0 Å². The van der Waals surface area contributed by atoms with Gasteiger partial charge in [-0.15, -0.1) is 0 Å². The number of ether oxygens (including phenoxy) is 1. The summed E-state index contributed by atoms with van der Waals surface area (Å²) in [6.07, 6.45) is 1.45. The van der Waals surface area contributed by atoms with Gasteiger partial charge >= 0.3 is 0 Å². The zero-order chi connectivity index (χ0) is 19.5. The number of hydrogen-bond donors (Lipinski definition) is 0. The molecular weight excluding hydrogens is 359 g/mol. The zero-order valence-electron chi connectivity index (χ0n) is 14.7. The van der Waals surface area contributed by atoms with E-state index in [2.05, 4.69) is 5.10 Å². The van der Waals surface area contributed by atoms with Crippen LogP contribution in [0.2, 0.25) is 0 Å². The molecule has 1 heterocycles. The summed E-state index contributed by atoms with van der Waals surface area (Å²) < 4.78 is 18.6. The lowest BCUT2D eigenvalue weighted by Gasteiger charge is -2.07. The van der Waals surface area contributed by atoms with Crippen LogP contribution in [0.4, 0.5) is 4.39 Å². The lowest BCUT2D eigenvalue weighted by Crippen LogP contribution is -2.23. The molecule has 0 N–H and O–H groups in total. The van der Waals surface area contributed by atoms with Crippen LogP contribution >= 0.6 is 0 Å². The van der Waals surface area contributed by atoms with Crippen molar-refractivity contribution >= 4 is 18.0 Å². The average molecular weight is 374 g/mol. The Kier molecular flexibility index (Phi) is 4.68. The minimum atomic E-state index is -0.434. The summed E-state index contributed by atoms with van der Waals surface area (Å²) in [6, 6.07) is 19.8. The van der Waals surface area contributed by atoms with Crippen LogP contribution < -0.4 is 4.74 Å². The molecule has 28 heavy (non-hydrogen) atoms. The van der Waals surface area contributed by atoms with Crippen LogP contribution in [0, 0.1) is 5.82 Å². The van der Waals surface area contributed by atoms with E-state index in [0.29, 0.717) is 29.0 Å². The van der Waals surface area contributed by atoms with Gasteiger partial charge in [0.1, 0.15) is 18.2 Å². The van der Waals surface area contributed by atoms with Gasteiger partial charge in [-0.3, -0.25) is 9.59 Å². The maximum Gasteiger partial charge on any atom is 0.282 e. The molecule has 5 nitrogen and oxygen atoms in total. The van der Waals surface area contributed by atoms with Gasteiger partial charge in [-0.1, -0.05) is 24.3 Å². The number of fused-ring (bicyclic) bond motifs is 1. The number of benzene rings is 3. The van der Waals surface area contributed by atoms with Crippen LogP contribution in [0.15, 0.2) is 77.9 Å². The van der Waals surface area contributed by atoms with Crippen molar-refractivity contribution < 1.29 is 18.7 Å². The van der Waals surface area contributed by atoms with E-state index in [1.165, 1.54) is 18.3 Å². The van der Waals surface area contributed by atoms with Gasteiger partial charge in [0, 0.05) is 0 Å². The topological polar surface area (TPSA) is 59.0 Å². The molecule has 0 fully saturated rings.